The minimum atomic E-state index is -0.697. The van der Waals surface area contributed by atoms with Crippen LogP contribution in [-0.2, 0) is 4.74 Å². The van der Waals surface area contributed by atoms with Gasteiger partial charge >= 0.3 is 0 Å². The first-order valence-corrected chi connectivity index (χ1v) is 5.14. The Balaban J connectivity index is 2.36. The third-order valence-electron chi connectivity index (χ3n) is 3.12. The van der Waals surface area contributed by atoms with E-state index >= 15 is 0 Å². The molecule has 0 amide bonds. The number of carbonyl (C=O) groups excluding carboxylic acids is 1. The van der Waals surface area contributed by atoms with Crippen LogP contribution in [0.5, 0.6) is 0 Å². The van der Waals surface area contributed by atoms with Crippen LogP contribution in [0.1, 0.15) is 17.3 Å². The van der Waals surface area contributed by atoms with Crippen LogP contribution in [0.25, 0.3) is 0 Å². The van der Waals surface area contributed by atoms with Crippen LogP contribution in [0.4, 0.5) is 5.82 Å². The van der Waals surface area contributed by atoms with Crippen molar-refractivity contribution in [2.24, 2.45) is 11.1 Å². The Kier molecular flexibility index (Phi) is 2.65. The van der Waals surface area contributed by atoms with E-state index < -0.39 is 5.41 Å². The van der Waals surface area contributed by atoms with Gasteiger partial charge in [0.2, 0.25) is 0 Å². The molecule has 5 heteroatoms. The van der Waals surface area contributed by atoms with Crippen molar-refractivity contribution in [3.8, 4) is 0 Å². The van der Waals surface area contributed by atoms with Crippen LogP contribution in [0.15, 0.2) is 18.3 Å². The molecule has 0 spiro atoms. The third kappa shape index (κ3) is 1.58. The van der Waals surface area contributed by atoms with Gasteiger partial charge in [-0.25, -0.2) is 4.98 Å². The van der Waals surface area contributed by atoms with Gasteiger partial charge in [-0.05, 0) is 19.1 Å². The monoisotopic (exact) mass is 221 g/mol. The highest BCUT2D eigenvalue weighted by atomic mass is 16.5. The predicted octanol–water partition coefficient (Wildman–Crippen LogP) is 0.210. The lowest BCUT2D eigenvalue weighted by Crippen LogP contribution is -2.44. The van der Waals surface area contributed by atoms with Crippen molar-refractivity contribution in [1.29, 1.82) is 0 Å². The van der Waals surface area contributed by atoms with Gasteiger partial charge in [0.1, 0.15) is 5.82 Å². The van der Waals surface area contributed by atoms with Crippen LogP contribution < -0.4 is 11.5 Å². The number of aromatic nitrogens is 1. The Morgan fingerprint density at radius 2 is 2.44 bits per heavy atom. The number of ketones is 1. The Labute approximate surface area is 93.8 Å². The van der Waals surface area contributed by atoms with Crippen molar-refractivity contribution in [3.05, 3.63) is 23.9 Å². The number of nitrogens with zero attached hydrogens (tertiary/aromatic N) is 1. The molecule has 2 heterocycles. The second-order valence-corrected chi connectivity index (χ2v) is 4.30. The van der Waals surface area contributed by atoms with Gasteiger partial charge in [-0.2, -0.15) is 0 Å². The van der Waals surface area contributed by atoms with Crippen LogP contribution in [-0.4, -0.2) is 30.0 Å². The van der Waals surface area contributed by atoms with Crippen molar-refractivity contribution in [2.75, 3.05) is 18.9 Å². The van der Waals surface area contributed by atoms with E-state index in [4.69, 9.17) is 16.2 Å². The minimum absolute atomic E-state index is 0.0944. The summed E-state index contributed by atoms with van der Waals surface area (Å²) in [5.74, 6) is 0.149. The summed E-state index contributed by atoms with van der Waals surface area (Å²) in [4.78, 5) is 16.2. The van der Waals surface area contributed by atoms with Crippen LogP contribution in [0, 0.1) is 5.41 Å². The number of anilines is 1. The van der Waals surface area contributed by atoms with E-state index in [1.807, 2.05) is 0 Å². The lowest BCUT2D eigenvalue weighted by molar-refractivity contribution is 0.0768. The zero-order valence-corrected chi connectivity index (χ0v) is 9.14. The van der Waals surface area contributed by atoms with Crippen molar-refractivity contribution >= 4 is 11.6 Å². The SMILES string of the molecule is CC1(C(=O)c2cccnc2N)COCC1N. The highest BCUT2D eigenvalue weighted by Gasteiger charge is 2.45. The summed E-state index contributed by atoms with van der Waals surface area (Å²) >= 11 is 0. The molecule has 0 saturated carbocycles. The van der Waals surface area contributed by atoms with Gasteiger partial charge in [-0.1, -0.05) is 0 Å². The summed E-state index contributed by atoms with van der Waals surface area (Å²) in [7, 11) is 0. The number of hydrogen-bond donors (Lipinski definition) is 2. The first-order valence-electron chi connectivity index (χ1n) is 5.14. The Morgan fingerprint density at radius 1 is 1.69 bits per heavy atom. The number of ether oxygens (including phenoxy) is 1. The quantitative estimate of drug-likeness (QED) is 0.696. The summed E-state index contributed by atoms with van der Waals surface area (Å²) < 4.78 is 5.25. The summed E-state index contributed by atoms with van der Waals surface area (Å²) in [6.45, 7) is 2.54. The van der Waals surface area contributed by atoms with E-state index in [0.29, 0.717) is 18.8 Å². The van der Waals surface area contributed by atoms with Gasteiger partial charge in [0.05, 0.1) is 24.2 Å². The molecule has 1 saturated heterocycles. The first kappa shape index (κ1) is 11.0. The van der Waals surface area contributed by atoms with Gasteiger partial charge in [0.15, 0.2) is 5.78 Å². The third-order valence-corrected chi connectivity index (χ3v) is 3.12. The van der Waals surface area contributed by atoms with E-state index in [2.05, 4.69) is 4.98 Å². The maximum atomic E-state index is 12.3. The largest absolute Gasteiger partial charge is 0.383 e. The average molecular weight is 221 g/mol. The van der Waals surface area contributed by atoms with Gasteiger partial charge in [-0.15, -0.1) is 0 Å². The lowest BCUT2D eigenvalue weighted by Gasteiger charge is -2.25. The van der Waals surface area contributed by atoms with Gasteiger partial charge in [-0.3, -0.25) is 4.79 Å². The summed E-state index contributed by atoms with van der Waals surface area (Å²) in [5.41, 5.74) is 11.3. The molecule has 1 fully saturated rings. The standard InChI is InChI=1S/C11H15N3O2/c1-11(6-16-5-8(11)12)9(15)7-3-2-4-14-10(7)13/h2-4,8H,5-6,12H2,1H3,(H2,13,14). The fourth-order valence-corrected chi connectivity index (χ4v) is 1.84. The van der Waals surface area contributed by atoms with Crippen LogP contribution in [0.2, 0.25) is 0 Å². The molecule has 1 aliphatic rings. The Morgan fingerprint density at radius 3 is 3.00 bits per heavy atom. The van der Waals surface area contributed by atoms with Crippen LogP contribution in [0.3, 0.4) is 0 Å². The molecule has 86 valence electrons. The van der Waals surface area contributed by atoms with E-state index in [-0.39, 0.29) is 17.6 Å². The van der Waals surface area contributed by atoms with E-state index in [0.717, 1.165) is 0 Å². The summed E-state index contributed by atoms with van der Waals surface area (Å²) in [5, 5.41) is 0. The highest BCUT2D eigenvalue weighted by molar-refractivity contribution is 6.04. The van der Waals surface area contributed by atoms with E-state index in [9.17, 15) is 4.79 Å². The highest BCUT2D eigenvalue weighted by Crippen LogP contribution is 2.32. The van der Waals surface area contributed by atoms with Gasteiger partial charge < -0.3 is 16.2 Å². The van der Waals surface area contributed by atoms with E-state index in [1.165, 1.54) is 0 Å². The maximum Gasteiger partial charge on any atom is 0.176 e. The van der Waals surface area contributed by atoms with Crippen molar-refractivity contribution in [2.45, 2.75) is 13.0 Å². The molecule has 4 N–H and O–H groups in total. The fourth-order valence-electron chi connectivity index (χ4n) is 1.84. The summed E-state index contributed by atoms with van der Waals surface area (Å²) in [6, 6.07) is 3.06. The molecule has 5 nitrogen and oxygen atoms in total. The Bertz CT molecular complexity index is 421. The molecule has 16 heavy (non-hydrogen) atoms. The molecule has 2 atom stereocenters. The molecule has 1 aliphatic heterocycles. The zero-order chi connectivity index (χ0) is 11.8. The molecule has 0 aliphatic carbocycles. The zero-order valence-electron chi connectivity index (χ0n) is 9.14. The molecule has 2 rings (SSSR count). The predicted molar refractivity (Wildman–Crippen MR) is 59.9 cm³/mol. The lowest BCUT2D eigenvalue weighted by atomic mass is 9.78. The second-order valence-electron chi connectivity index (χ2n) is 4.30. The van der Waals surface area contributed by atoms with Gasteiger partial charge in [0.25, 0.3) is 0 Å². The van der Waals surface area contributed by atoms with Crippen LogP contribution >= 0.6 is 0 Å². The number of rotatable bonds is 2. The molecule has 1 aromatic heterocycles. The molecular weight excluding hydrogens is 206 g/mol. The normalized spacial score (nSPS) is 29.2. The van der Waals surface area contributed by atoms with Crippen molar-refractivity contribution in [3.63, 3.8) is 0 Å². The smallest absolute Gasteiger partial charge is 0.176 e. The van der Waals surface area contributed by atoms with E-state index in [1.54, 1.807) is 25.3 Å². The number of nitrogen functional groups attached to an aromatic ring is 1. The molecule has 0 aromatic carbocycles. The number of pyridine rings is 1. The first-order chi connectivity index (χ1) is 7.55. The average Bonchev–Trinajstić information content (AvgIpc) is 2.60. The molecule has 0 bridgehead atoms. The maximum absolute atomic E-state index is 12.3. The van der Waals surface area contributed by atoms with Crippen molar-refractivity contribution < 1.29 is 9.53 Å². The topological polar surface area (TPSA) is 91.2 Å². The molecule has 2 unspecified atom stereocenters. The molecular formula is C11H15N3O2. The van der Waals surface area contributed by atoms with Crippen molar-refractivity contribution in [1.82, 2.24) is 4.98 Å². The number of carbonyl (C=O) groups is 1. The number of Topliss-reactive ketones (excluding diaryl/α,β-unsaturated/α-hetero) is 1. The molecule has 0 radical (unpaired) electrons. The summed E-state index contributed by atoms with van der Waals surface area (Å²) in [6.07, 6.45) is 1.56. The fraction of sp³-hybridized carbons (Fsp3) is 0.455. The minimum Gasteiger partial charge on any atom is -0.383 e. The second kappa shape index (κ2) is 3.84. The Hall–Kier alpha value is -1.46. The number of hydrogen-bond acceptors (Lipinski definition) is 5. The molecule has 1 aromatic rings. The van der Waals surface area contributed by atoms with Gasteiger partial charge in [0, 0.05) is 12.2 Å². The number of nitrogens with two attached hydrogens (primary N) is 2.